The molecule has 0 spiro atoms. The predicted octanol–water partition coefficient (Wildman–Crippen LogP) is 8.70. The molecule has 0 atom stereocenters. The van der Waals surface area contributed by atoms with Crippen LogP contribution in [0.25, 0.3) is 10.8 Å². The van der Waals surface area contributed by atoms with E-state index < -0.39 is 11.9 Å². The van der Waals surface area contributed by atoms with Crippen molar-refractivity contribution >= 4 is 22.7 Å². The third kappa shape index (κ3) is 12.0. The summed E-state index contributed by atoms with van der Waals surface area (Å²) in [5, 5.41) is 19.4. The van der Waals surface area contributed by atoms with Crippen molar-refractivity contribution in [2.24, 2.45) is 0 Å². The molecule has 0 unspecified atom stereocenters. The number of ether oxygens (including phenoxy) is 4. The van der Waals surface area contributed by atoms with Gasteiger partial charge in [-0.1, -0.05) is 87.8 Å². The Labute approximate surface area is 283 Å². The molecule has 0 radical (unpaired) electrons. The van der Waals surface area contributed by atoms with E-state index in [1.165, 1.54) is 0 Å². The number of aliphatic hydroxyl groups excluding tert-OH is 2. The van der Waals surface area contributed by atoms with E-state index in [2.05, 4.69) is 0 Å². The van der Waals surface area contributed by atoms with Gasteiger partial charge in [0.25, 0.3) is 0 Å². The molecule has 0 aliphatic carbocycles. The number of carbonyl (C=O) groups is 2. The van der Waals surface area contributed by atoms with E-state index in [4.69, 9.17) is 29.2 Å². The fraction of sp³-hybridized carbons (Fsp3) is 0.400. The first kappa shape index (κ1) is 36.4. The quantitative estimate of drug-likeness (QED) is 0.0491. The average Bonchev–Trinajstić information content (AvgIpc) is 3.11. The minimum atomic E-state index is -0.501. The number of hydrogen-bond donors (Lipinski definition) is 2. The number of benzene rings is 4. The van der Waals surface area contributed by atoms with E-state index in [-0.39, 0.29) is 13.2 Å². The molecule has 8 heteroatoms. The molecule has 256 valence electrons. The van der Waals surface area contributed by atoms with Gasteiger partial charge in [0.05, 0.1) is 13.2 Å². The van der Waals surface area contributed by atoms with Gasteiger partial charge in [0.1, 0.15) is 34.1 Å². The number of unbranched alkanes of at least 4 members (excludes halogenated alkanes) is 10. The molecule has 0 aromatic heterocycles. The highest BCUT2D eigenvalue weighted by Gasteiger charge is 2.17. The molecule has 4 rings (SSSR count). The van der Waals surface area contributed by atoms with Gasteiger partial charge < -0.3 is 29.2 Å². The van der Waals surface area contributed by atoms with Gasteiger partial charge in [0.15, 0.2) is 0 Å². The van der Waals surface area contributed by atoms with E-state index in [0.29, 0.717) is 47.3 Å². The van der Waals surface area contributed by atoms with E-state index >= 15 is 0 Å². The molecule has 0 fully saturated rings. The van der Waals surface area contributed by atoms with Crippen LogP contribution < -0.4 is 18.9 Å². The maximum atomic E-state index is 13.1. The molecule has 0 saturated heterocycles. The number of para-hydroxylation sites is 2. The Bertz CT molecular complexity index is 1450. The van der Waals surface area contributed by atoms with Crippen LogP contribution in [0.15, 0.2) is 84.9 Å². The van der Waals surface area contributed by atoms with Gasteiger partial charge in [-0.3, -0.25) is 0 Å². The Morgan fingerprint density at radius 2 is 0.833 bits per heavy atom. The Morgan fingerprint density at radius 1 is 0.458 bits per heavy atom. The Kier molecular flexibility index (Phi) is 15.8. The lowest BCUT2D eigenvalue weighted by Gasteiger charge is -2.12. The van der Waals surface area contributed by atoms with Crippen LogP contribution in [0.4, 0.5) is 0 Å². The van der Waals surface area contributed by atoms with Crippen LogP contribution in [0.3, 0.4) is 0 Å². The zero-order chi connectivity index (χ0) is 33.8. The van der Waals surface area contributed by atoms with Gasteiger partial charge in [-0.25, -0.2) is 9.59 Å². The van der Waals surface area contributed by atoms with Gasteiger partial charge in [0, 0.05) is 13.2 Å². The maximum Gasteiger partial charge on any atom is 0.347 e. The van der Waals surface area contributed by atoms with Gasteiger partial charge in [0.2, 0.25) is 0 Å². The molecule has 2 N–H and O–H groups in total. The number of aliphatic hydroxyl groups is 2. The topological polar surface area (TPSA) is 112 Å². The summed E-state index contributed by atoms with van der Waals surface area (Å²) in [4.78, 5) is 26.2. The average molecular weight is 657 g/mol. The highest BCUT2D eigenvalue weighted by atomic mass is 16.5. The summed E-state index contributed by atoms with van der Waals surface area (Å²) in [6.07, 6.45) is 12.0. The molecule has 0 saturated carbocycles. The van der Waals surface area contributed by atoms with Crippen molar-refractivity contribution in [3.63, 3.8) is 0 Å². The Balaban J connectivity index is 1.29. The fourth-order valence-electron chi connectivity index (χ4n) is 5.38. The van der Waals surface area contributed by atoms with Crippen LogP contribution in [0, 0.1) is 0 Å². The lowest BCUT2D eigenvalue weighted by atomic mass is 10.1. The third-order valence-electron chi connectivity index (χ3n) is 8.04. The molecular formula is C40H48O8. The highest BCUT2D eigenvalue weighted by molar-refractivity contribution is 5.96. The van der Waals surface area contributed by atoms with Crippen LogP contribution in [-0.2, 0) is 0 Å². The predicted molar refractivity (Wildman–Crippen MR) is 187 cm³/mol. The first-order valence-electron chi connectivity index (χ1n) is 17.2. The molecule has 0 amide bonds. The van der Waals surface area contributed by atoms with Gasteiger partial charge in [-0.2, -0.15) is 0 Å². The van der Waals surface area contributed by atoms with Crippen molar-refractivity contribution in [1.82, 2.24) is 0 Å². The molecule has 4 aromatic carbocycles. The SMILES string of the molecule is O=C(Oc1ccc2cc(OC(=O)c3ccccc3OCCCCCCCCO)ccc2c1)c1ccccc1OCCCCCCCCO. The molecule has 48 heavy (non-hydrogen) atoms. The number of rotatable bonds is 22. The summed E-state index contributed by atoms with van der Waals surface area (Å²) >= 11 is 0. The second-order valence-electron chi connectivity index (χ2n) is 11.8. The van der Waals surface area contributed by atoms with Crippen molar-refractivity contribution in [1.29, 1.82) is 0 Å². The maximum absolute atomic E-state index is 13.1. The highest BCUT2D eigenvalue weighted by Crippen LogP contribution is 2.28. The monoisotopic (exact) mass is 656 g/mol. The molecule has 0 bridgehead atoms. The number of fused-ring (bicyclic) bond motifs is 1. The fourth-order valence-corrected chi connectivity index (χ4v) is 5.38. The summed E-state index contributed by atoms with van der Waals surface area (Å²) in [6.45, 7) is 1.52. The summed E-state index contributed by atoms with van der Waals surface area (Å²) in [5.74, 6) is 0.772. The number of esters is 2. The zero-order valence-electron chi connectivity index (χ0n) is 27.7. The van der Waals surface area contributed by atoms with Crippen molar-refractivity contribution < 1.29 is 38.7 Å². The molecule has 0 heterocycles. The Hall–Kier alpha value is -4.40. The van der Waals surface area contributed by atoms with Crippen molar-refractivity contribution in [3.05, 3.63) is 96.1 Å². The first-order valence-corrected chi connectivity index (χ1v) is 17.2. The molecule has 8 nitrogen and oxygen atoms in total. The minimum absolute atomic E-state index is 0.245. The largest absolute Gasteiger partial charge is 0.493 e. The molecule has 0 aliphatic rings. The minimum Gasteiger partial charge on any atom is -0.493 e. The normalized spacial score (nSPS) is 11.0. The van der Waals surface area contributed by atoms with Crippen LogP contribution in [-0.4, -0.2) is 48.6 Å². The van der Waals surface area contributed by atoms with E-state index in [0.717, 1.165) is 87.8 Å². The summed E-state index contributed by atoms with van der Waals surface area (Å²) in [5.41, 5.74) is 0.725. The lowest BCUT2D eigenvalue weighted by molar-refractivity contribution is 0.0720. The zero-order valence-corrected chi connectivity index (χ0v) is 27.7. The van der Waals surface area contributed by atoms with Crippen molar-refractivity contribution in [2.45, 2.75) is 77.0 Å². The van der Waals surface area contributed by atoms with Crippen LogP contribution >= 0.6 is 0 Å². The standard InChI is InChI=1S/C40H48O8/c41-25-13-5-1-3-7-15-27-45-37-19-11-9-17-35(37)39(43)47-33-23-21-32-30-34(24-22-31(32)29-33)48-40(44)36-18-10-12-20-38(36)46-28-16-8-4-2-6-14-26-42/h9-12,17-24,29-30,41-42H,1-8,13-16,25-28H2. The van der Waals surface area contributed by atoms with E-state index in [1.807, 2.05) is 24.3 Å². The number of hydrogen-bond acceptors (Lipinski definition) is 8. The second-order valence-corrected chi connectivity index (χ2v) is 11.8. The molecular weight excluding hydrogens is 608 g/mol. The number of carbonyl (C=O) groups excluding carboxylic acids is 2. The van der Waals surface area contributed by atoms with Crippen LogP contribution in [0.2, 0.25) is 0 Å². The van der Waals surface area contributed by atoms with E-state index in [9.17, 15) is 9.59 Å². The second kappa shape index (κ2) is 20.8. The third-order valence-corrected chi connectivity index (χ3v) is 8.04. The summed E-state index contributed by atoms with van der Waals surface area (Å²) in [6, 6.07) is 24.8. The smallest absolute Gasteiger partial charge is 0.347 e. The Morgan fingerprint density at radius 3 is 1.25 bits per heavy atom. The van der Waals surface area contributed by atoms with Crippen LogP contribution in [0.5, 0.6) is 23.0 Å². The van der Waals surface area contributed by atoms with Gasteiger partial charge in [-0.15, -0.1) is 0 Å². The molecule has 4 aromatic rings. The lowest BCUT2D eigenvalue weighted by Crippen LogP contribution is -2.11. The van der Waals surface area contributed by atoms with Crippen molar-refractivity contribution in [3.8, 4) is 23.0 Å². The van der Waals surface area contributed by atoms with Gasteiger partial charge >= 0.3 is 11.9 Å². The molecule has 0 aliphatic heterocycles. The van der Waals surface area contributed by atoms with Crippen LogP contribution in [0.1, 0.15) is 97.8 Å². The van der Waals surface area contributed by atoms with Crippen molar-refractivity contribution in [2.75, 3.05) is 26.4 Å². The summed E-state index contributed by atoms with van der Waals surface area (Å²) in [7, 11) is 0. The summed E-state index contributed by atoms with van der Waals surface area (Å²) < 4.78 is 23.3. The van der Waals surface area contributed by atoms with Gasteiger partial charge in [-0.05, 0) is 85.0 Å². The van der Waals surface area contributed by atoms with E-state index in [1.54, 1.807) is 60.7 Å². The first-order chi connectivity index (χ1) is 23.6.